The second-order valence-corrected chi connectivity index (χ2v) is 5.38. The Morgan fingerprint density at radius 1 is 1.40 bits per heavy atom. The number of carboxylic acid groups (broad SMARTS) is 1. The SMILES string of the molecule is CCc1ccc(CNC2CC(N(CC)CC(=O)O)C2)o1. The summed E-state index contributed by atoms with van der Waals surface area (Å²) in [6.07, 6.45) is 2.96. The first-order chi connectivity index (χ1) is 9.62. The van der Waals surface area contributed by atoms with E-state index >= 15 is 0 Å². The van der Waals surface area contributed by atoms with Crippen LogP contribution in [0.4, 0.5) is 0 Å². The zero-order valence-electron chi connectivity index (χ0n) is 12.3. The smallest absolute Gasteiger partial charge is 0.317 e. The van der Waals surface area contributed by atoms with Crippen LogP contribution in [0.1, 0.15) is 38.2 Å². The summed E-state index contributed by atoms with van der Waals surface area (Å²) in [6, 6.07) is 4.91. The lowest BCUT2D eigenvalue weighted by Gasteiger charge is -2.42. The van der Waals surface area contributed by atoms with Crippen LogP contribution >= 0.6 is 0 Å². The lowest BCUT2D eigenvalue weighted by molar-refractivity contribution is -0.139. The Morgan fingerprint density at radius 3 is 2.65 bits per heavy atom. The van der Waals surface area contributed by atoms with Crippen molar-refractivity contribution in [3.8, 4) is 0 Å². The molecule has 1 aromatic rings. The van der Waals surface area contributed by atoms with Crippen molar-refractivity contribution in [1.82, 2.24) is 10.2 Å². The van der Waals surface area contributed by atoms with E-state index in [0.717, 1.165) is 43.9 Å². The Hall–Kier alpha value is -1.33. The largest absolute Gasteiger partial charge is 0.480 e. The van der Waals surface area contributed by atoms with Gasteiger partial charge in [-0.15, -0.1) is 0 Å². The van der Waals surface area contributed by atoms with Crippen molar-refractivity contribution in [2.24, 2.45) is 0 Å². The molecule has 0 radical (unpaired) electrons. The predicted molar refractivity (Wildman–Crippen MR) is 76.6 cm³/mol. The second kappa shape index (κ2) is 6.90. The van der Waals surface area contributed by atoms with Crippen LogP contribution in [0.5, 0.6) is 0 Å². The predicted octanol–water partition coefficient (Wildman–Crippen LogP) is 1.87. The summed E-state index contributed by atoms with van der Waals surface area (Å²) in [4.78, 5) is 12.8. The molecule has 5 nitrogen and oxygen atoms in total. The molecule has 0 bridgehead atoms. The van der Waals surface area contributed by atoms with Crippen molar-refractivity contribution in [3.05, 3.63) is 23.7 Å². The van der Waals surface area contributed by atoms with E-state index in [9.17, 15) is 4.79 Å². The van der Waals surface area contributed by atoms with Gasteiger partial charge in [0.1, 0.15) is 11.5 Å². The van der Waals surface area contributed by atoms with Gasteiger partial charge in [-0.1, -0.05) is 13.8 Å². The number of carboxylic acids is 1. The molecule has 0 spiro atoms. The van der Waals surface area contributed by atoms with Gasteiger partial charge in [0, 0.05) is 18.5 Å². The van der Waals surface area contributed by atoms with Crippen molar-refractivity contribution in [3.63, 3.8) is 0 Å². The van der Waals surface area contributed by atoms with Crippen LogP contribution in [0.3, 0.4) is 0 Å². The molecule has 0 atom stereocenters. The van der Waals surface area contributed by atoms with Crippen LogP contribution in [0.2, 0.25) is 0 Å². The quantitative estimate of drug-likeness (QED) is 0.761. The maximum absolute atomic E-state index is 10.8. The van der Waals surface area contributed by atoms with E-state index in [1.807, 2.05) is 24.0 Å². The highest BCUT2D eigenvalue weighted by atomic mass is 16.4. The molecular weight excluding hydrogens is 256 g/mol. The molecule has 1 aliphatic carbocycles. The number of aliphatic carboxylic acids is 1. The molecular formula is C15H24N2O3. The summed E-state index contributed by atoms with van der Waals surface area (Å²) in [5.74, 6) is 1.25. The normalized spacial score (nSPS) is 21.9. The summed E-state index contributed by atoms with van der Waals surface area (Å²) in [5.41, 5.74) is 0. The first-order valence-corrected chi connectivity index (χ1v) is 7.39. The minimum atomic E-state index is -0.745. The number of rotatable bonds is 8. The number of hydrogen-bond donors (Lipinski definition) is 2. The molecule has 1 heterocycles. The number of aryl methyl sites for hydroxylation is 1. The molecule has 2 N–H and O–H groups in total. The summed E-state index contributed by atoms with van der Waals surface area (Å²) in [5, 5.41) is 12.3. The maximum Gasteiger partial charge on any atom is 0.317 e. The highest BCUT2D eigenvalue weighted by Crippen LogP contribution is 2.26. The molecule has 0 amide bonds. The van der Waals surface area contributed by atoms with Crippen LogP contribution in [-0.4, -0.2) is 41.1 Å². The van der Waals surface area contributed by atoms with E-state index in [1.54, 1.807) is 0 Å². The number of nitrogens with zero attached hydrogens (tertiary/aromatic N) is 1. The highest BCUT2D eigenvalue weighted by molar-refractivity contribution is 5.69. The summed E-state index contributed by atoms with van der Waals surface area (Å²) >= 11 is 0. The fraction of sp³-hybridized carbons (Fsp3) is 0.667. The van der Waals surface area contributed by atoms with E-state index in [4.69, 9.17) is 9.52 Å². The van der Waals surface area contributed by atoms with E-state index < -0.39 is 5.97 Å². The van der Waals surface area contributed by atoms with Crippen molar-refractivity contribution >= 4 is 5.97 Å². The molecule has 112 valence electrons. The van der Waals surface area contributed by atoms with Gasteiger partial charge in [-0.25, -0.2) is 0 Å². The summed E-state index contributed by atoms with van der Waals surface area (Å²) in [6.45, 7) is 5.78. The van der Waals surface area contributed by atoms with Gasteiger partial charge in [0.25, 0.3) is 0 Å². The zero-order valence-corrected chi connectivity index (χ0v) is 12.3. The fourth-order valence-electron chi connectivity index (χ4n) is 2.68. The van der Waals surface area contributed by atoms with Crippen molar-refractivity contribution in [2.45, 2.75) is 51.7 Å². The Kier molecular flexibility index (Phi) is 5.20. The van der Waals surface area contributed by atoms with Crippen LogP contribution in [-0.2, 0) is 17.8 Å². The highest BCUT2D eigenvalue weighted by Gasteiger charge is 2.33. The van der Waals surface area contributed by atoms with Gasteiger partial charge in [0.05, 0.1) is 13.1 Å². The molecule has 2 rings (SSSR count). The third-order valence-corrected chi connectivity index (χ3v) is 4.00. The topological polar surface area (TPSA) is 65.7 Å². The minimum absolute atomic E-state index is 0.145. The first-order valence-electron chi connectivity index (χ1n) is 7.39. The lowest BCUT2D eigenvalue weighted by Crippen LogP contribution is -2.53. The first kappa shape index (κ1) is 15.1. The molecule has 20 heavy (non-hydrogen) atoms. The zero-order chi connectivity index (χ0) is 14.5. The third-order valence-electron chi connectivity index (χ3n) is 4.00. The molecule has 1 fully saturated rings. The molecule has 5 heteroatoms. The van der Waals surface area contributed by atoms with Gasteiger partial charge in [0.2, 0.25) is 0 Å². The minimum Gasteiger partial charge on any atom is -0.480 e. The number of likely N-dealkylation sites (N-methyl/N-ethyl adjacent to an activating group) is 1. The van der Waals surface area contributed by atoms with Gasteiger partial charge in [-0.3, -0.25) is 9.69 Å². The van der Waals surface area contributed by atoms with Gasteiger partial charge >= 0.3 is 5.97 Å². The summed E-state index contributed by atoms with van der Waals surface area (Å²) < 4.78 is 5.65. The van der Waals surface area contributed by atoms with Gasteiger partial charge < -0.3 is 14.8 Å². The van der Waals surface area contributed by atoms with Crippen LogP contribution < -0.4 is 5.32 Å². The van der Waals surface area contributed by atoms with Gasteiger partial charge in [0.15, 0.2) is 0 Å². The van der Waals surface area contributed by atoms with Crippen LogP contribution in [0, 0.1) is 0 Å². The molecule has 1 aromatic heterocycles. The number of furan rings is 1. The lowest BCUT2D eigenvalue weighted by atomic mass is 9.85. The number of hydrogen-bond acceptors (Lipinski definition) is 4. The van der Waals surface area contributed by atoms with Crippen molar-refractivity contribution in [1.29, 1.82) is 0 Å². The molecule has 1 saturated carbocycles. The average molecular weight is 280 g/mol. The van der Waals surface area contributed by atoms with Gasteiger partial charge in [-0.05, 0) is 31.5 Å². The molecule has 0 aliphatic heterocycles. The monoisotopic (exact) mass is 280 g/mol. The van der Waals surface area contributed by atoms with Crippen LogP contribution in [0.15, 0.2) is 16.5 Å². The average Bonchev–Trinajstić information content (AvgIpc) is 2.82. The third kappa shape index (κ3) is 3.84. The van der Waals surface area contributed by atoms with Gasteiger partial charge in [-0.2, -0.15) is 0 Å². The molecule has 0 aromatic carbocycles. The Morgan fingerprint density at radius 2 is 2.10 bits per heavy atom. The van der Waals surface area contributed by atoms with Crippen LogP contribution in [0.25, 0.3) is 0 Å². The van der Waals surface area contributed by atoms with E-state index in [-0.39, 0.29) is 6.54 Å². The Labute approximate surface area is 119 Å². The molecule has 0 saturated heterocycles. The maximum atomic E-state index is 10.8. The number of carbonyl (C=O) groups is 1. The van der Waals surface area contributed by atoms with E-state index in [0.29, 0.717) is 12.1 Å². The van der Waals surface area contributed by atoms with Crippen molar-refractivity contribution < 1.29 is 14.3 Å². The molecule has 0 unspecified atom stereocenters. The standard InChI is InChI=1S/C15H24N2O3/c1-3-13-5-6-14(20-13)9-16-11-7-12(8-11)17(4-2)10-15(18)19/h5-6,11-12,16H,3-4,7-10H2,1-2H3,(H,18,19). The summed E-state index contributed by atoms with van der Waals surface area (Å²) in [7, 11) is 0. The van der Waals surface area contributed by atoms with Crippen molar-refractivity contribution in [2.75, 3.05) is 13.1 Å². The Balaban J connectivity index is 1.69. The second-order valence-electron chi connectivity index (χ2n) is 5.38. The number of nitrogens with one attached hydrogen (secondary N) is 1. The molecule has 1 aliphatic rings. The fourth-order valence-corrected chi connectivity index (χ4v) is 2.68. The Bertz CT molecular complexity index is 438. The van der Waals surface area contributed by atoms with E-state index in [1.165, 1.54) is 0 Å². The van der Waals surface area contributed by atoms with E-state index in [2.05, 4.69) is 12.2 Å².